The molecule has 0 aliphatic carbocycles. The van der Waals surface area contributed by atoms with Gasteiger partial charge in [-0.15, -0.1) is 0 Å². The highest BCUT2D eigenvalue weighted by molar-refractivity contribution is 5.88. The number of hydrogen-bond donors (Lipinski definition) is 4. The van der Waals surface area contributed by atoms with Crippen molar-refractivity contribution in [2.24, 2.45) is 0 Å². The van der Waals surface area contributed by atoms with Gasteiger partial charge in [0.2, 0.25) is 0 Å². The standard InChI is InChI=1S/C28H32N2O2/c31-27-15-13-21-9-3-5-11-23(21)25(27)19-29-17-7-1-2-8-18-30-20-26-24-12-6-4-10-22(24)14-16-28(26)32/h3-6,9-16,29-32H,1-2,7-8,17-20H2. The molecule has 4 heteroatoms. The van der Waals surface area contributed by atoms with Crippen molar-refractivity contribution in [1.29, 1.82) is 0 Å². The Bertz CT molecular complexity index is 1080. The van der Waals surface area contributed by atoms with Gasteiger partial charge < -0.3 is 20.8 Å². The molecule has 0 bridgehead atoms. The Hall–Kier alpha value is -3.08. The van der Waals surface area contributed by atoms with Crippen LogP contribution in [0.2, 0.25) is 0 Å². The fourth-order valence-corrected chi connectivity index (χ4v) is 4.30. The van der Waals surface area contributed by atoms with Gasteiger partial charge in [0.25, 0.3) is 0 Å². The lowest BCUT2D eigenvalue weighted by atomic mass is 10.0. The summed E-state index contributed by atoms with van der Waals surface area (Å²) in [6, 6.07) is 23.9. The molecular formula is C28H32N2O2. The summed E-state index contributed by atoms with van der Waals surface area (Å²) in [5.41, 5.74) is 1.95. The fraction of sp³-hybridized carbons (Fsp3) is 0.286. The quantitative estimate of drug-likeness (QED) is 0.227. The van der Waals surface area contributed by atoms with Gasteiger partial charge in [-0.2, -0.15) is 0 Å². The molecule has 0 atom stereocenters. The fourth-order valence-electron chi connectivity index (χ4n) is 4.30. The summed E-state index contributed by atoms with van der Waals surface area (Å²) < 4.78 is 0. The number of aromatic hydroxyl groups is 2. The lowest BCUT2D eigenvalue weighted by Gasteiger charge is -2.11. The van der Waals surface area contributed by atoms with E-state index in [9.17, 15) is 10.2 Å². The van der Waals surface area contributed by atoms with Gasteiger partial charge in [-0.3, -0.25) is 0 Å². The van der Waals surface area contributed by atoms with E-state index in [-0.39, 0.29) is 0 Å². The normalized spacial score (nSPS) is 11.4. The molecule has 0 fully saturated rings. The molecule has 0 saturated heterocycles. The summed E-state index contributed by atoms with van der Waals surface area (Å²) >= 11 is 0. The Morgan fingerprint density at radius 3 is 1.41 bits per heavy atom. The Kier molecular flexibility index (Phi) is 7.59. The number of phenolic OH excluding ortho intramolecular Hbond substituents is 2. The van der Waals surface area contributed by atoms with E-state index in [0.717, 1.165) is 58.6 Å². The van der Waals surface area contributed by atoms with Gasteiger partial charge in [0.1, 0.15) is 11.5 Å². The summed E-state index contributed by atoms with van der Waals surface area (Å²) in [4.78, 5) is 0. The lowest BCUT2D eigenvalue weighted by Crippen LogP contribution is -2.16. The molecule has 0 heterocycles. The Morgan fingerprint density at radius 1 is 0.500 bits per heavy atom. The number of unbranched alkanes of at least 4 members (excludes halogenated alkanes) is 3. The van der Waals surface area contributed by atoms with E-state index in [1.54, 1.807) is 12.1 Å². The zero-order valence-electron chi connectivity index (χ0n) is 18.5. The van der Waals surface area contributed by atoms with Crippen LogP contribution in [0.4, 0.5) is 0 Å². The first kappa shape index (κ1) is 22.1. The van der Waals surface area contributed by atoms with Crippen LogP contribution in [0.25, 0.3) is 21.5 Å². The van der Waals surface area contributed by atoms with E-state index >= 15 is 0 Å². The molecule has 4 nitrogen and oxygen atoms in total. The number of rotatable bonds is 11. The Labute approximate surface area is 189 Å². The van der Waals surface area contributed by atoms with Gasteiger partial charge in [-0.05, 0) is 59.6 Å². The van der Waals surface area contributed by atoms with Crippen molar-refractivity contribution < 1.29 is 10.2 Å². The van der Waals surface area contributed by atoms with Crippen molar-refractivity contribution in [2.75, 3.05) is 13.1 Å². The first-order chi connectivity index (χ1) is 15.7. The summed E-state index contributed by atoms with van der Waals surface area (Å²) in [6.45, 7) is 3.26. The lowest BCUT2D eigenvalue weighted by molar-refractivity contribution is 0.463. The highest BCUT2D eigenvalue weighted by Gasteiger charge is 2.07. The maximum Gasteiger partial charge on any atom is 0.120 e. The van der Waals surface area contributed by atoms with Crippen LogP contribution in [-0.4, -0.2) is 23.3 Å². The first-order valence-corrected chi connectivity index (χ1v) is 11.5. The summed E-state index contributed by atoms with van der Waals surface area (Å²) in [7, 11) is 0. The first-order valence-electron chi connectivity index (χ1n) is 11.5. The molecule has 0 aliphatic rings. The molecule has 0 aliphatic heterocycles. The van der Waals surface area contributed by atoms with E-state index in [4.69, 9.17) is 0 Å². The molecule has 0 aromatic heterocycles. The SMILES string of the molecule is Oc1ccc2ccccc2c1CNCCCCCCNCc1c(O)ccc2ccccc12. The minimum atomic E-state index is 0.361. The van der Waals surface area contributed by atoms with Gasteiger partial charge in [-0.25, -0.2) is 0 Å². The monoisotopic (exact) mass is 428 g/mol. The predicted molar refractivity (Wildman–Crippen MR) is 133 cm³/mol. The van der Waals surface area contributed by atoms with Gasteiger partial charge in [-0.1, -0.05) is 73.5 Å². The molecule has 4 aromatic rings. The number of benzene rings is 4. The highest BCUT2D eigenvalue weighted by Crippen LogP contribution is 2.27. The van der Waals surface area contributed by atoms with Crippen LogP contribution in [0.15, 0.2) is 72.8 Å². The van der Waals surface area contributed by atoms with Crippen molar-refractivity contribution >= 4 is 21.5 Å². The Morgan fingerprint density at radius 2 is 0.938 bits per heavy atom. The second-order valence-corrected chi connectivity index (χ2v) is 8.34. The maximum absolute atomic E-state index is 10.2. The smallest absolute Gasteiger partial charge is 0.120 e. The molecule has 0 amide bonds. The van der Waals surface area contributed by atoms with Crippen molar-refractivity contribution in [3.63, 3.8) is 0 Å². The minimum Gasteiger partial charge on any atom is -0.508 e. The number of fused-ring (bicyclic) bond motifs is 2. The van der Waals surface area contributed by atoms with Gasteiger partial charge in [0.15, 0.2) is 0 Å². The van der Waals surface area contributed by atoms with Gasteiger partial charge in [0, 0.05) is 24.2 Å². The summed E-state index contributed by atoms with van der Waals surface area (Å²) in [5.74, 6) is 0.721. The number of hydrogen-bond acceptors (Lipinski definition) is 4. The molecule has 0 radical (unpaired) electrons. The highest BCUT2D eigenvalue weighted by atomic mass is 16.3. The summed E-state index contributed by atoms with van der Waals surface area (Å²) in [6.07, 6.45) is 4.59. The van der Waals surface area contributed by atoms with E-state index in [2.05, 4.69) is 34.9 Å². The molecule has 0 saturated carbocycles. The Balaban J connectivity index is 1.12. The molecular weight excluding hydrogens is 396 g/mol. The molecule has 4 rings (SSSR count). The van der Waals surface area contributed by atoms with Crippen LogP contribution in [0, 0.1) is 0 Å². The van der Waals surface area contributed by atoms with Crippen molar-refractivity contribution in [1.82, 2.24) is 10.6 Å². The van der Waals surface area contributed by atoms with Crippen LogP contribution in [0.3, 0.4) is 0 Å². The predicted octanol–water partition coefficient (Wildman–Crippen LogP) is 5.84. The van der Waals surface area contributed by atoms with E-state index in [1.807, 2.05) is 36.4 Å². The summed E-state index contributed by atoms with van der Waals surface area (Å²) in [5, 5.41) is 32.0. The van der Waals surface area contributed by atoms with Crippen LogP contribution in [-0.2, 0) is 13.1 Å². The second-order valence-electron chi connectivity index (χ2n) is 8.34. The van der Waals surface area contributed by atoms with Crippen LogP contribution < -0.4 is 10.6 Å². The van der Waals surface area contributed by atoms with E-state index < -0.39 is 0 Å². The third-order valence-corrected chi connectivity index (χ3v) is 6.09. The van der Waals surface area contributed by atoms with Crippen molar-refractivity contribution in [3.8, 4) is 11.5 Å². The average molecular weight is 429 g/mol. The van der Waals surface area contributed by atoms with Crippen molar-refractivity contribution in [2.45, 2.75) is 38.8 Å². The molecule has 32 heavy (non-hydrogen) atoms. The molecule has 166 valence electrons. The number of nitrogens with one attached hydrogen (secondary N) is 2. The van der Waals surface area contributed by atoms with Crippen LogP contribution >= 0.6 is 0 Å². The minimum absolute atomic E-state index is 0.361. The van der Waals surface area contributed by atoms with E-state index in [1.165, 1.54) is 12.8 Å². The van der Waals surface area contributed by atoms with Gasteiger partial charge >= 0.3 is 0 Å². The second kappa shape index (κ2) is 11.0. The van der Waals surface area contributed by atoms with Crippen LogP contribution in [0.1, 0.15) is 36.8 Å². The topological polar surface area (TPSA) is 64.5 Å². The zero-order valence-corrected chi connectivity index (χ0v) is 18.5. The van der Waals surface area contributed by atoms with Gasteiger partial charge in [0.05, 0.1) is 0 Å². The third kappa shape index (κ3) is 5.39. The van der Waals surface area contributed by atoms with E-state index in [0.29, 0.717) is 24.6 Å². The number of phenols is 2. The molecule has 4 aromatic carbocycles. The third-order valence-electron chi connectivity index (χ3n) is 6.09. The zero-order chi connectivity index (χ0) is 22.2. The molecule has 4 N–H and O–H groups in total. The van der Waals surface area contributed by atoms with Crippen LogP contribution in [0.5, 0.6) is 11.5 Å². The van der Waals surface area contributed by atoms with Crippen molar-refractivity contribution in [3.05, 3.63) is 83.9 Å². The molecule has 0 unspecified atom stereocenters. The average Bonchev–Trinajstić information content (AvgIpc) is 2.82. The largest absolute Gasteiger partial charge is 0.508 e. The maximum atomic E-state index is 10.2. The molecule has 0 spiro atoms.